The lowest BCUT2D eigenvalue weighted by molar-refractivity contribution is 0.0182. The van der Waals surface area contributed by atoms with Crippen LogP contribution in [0.25, 0.3) is 0 Å². The minimum Gasteiger partial charge on any atom is -0.445 e. The number of aliphatic hydroxyl groups is 2. The molecule has 0 spiro atoms. The Hall–Kier alpha value is -2.77. The van der Waals surface area contributed by atoms with E-state index in [0.717, 1.165) is 17.7 Å². The molecule has 6 nitrogen and oxygen atoms in total. The molecular weight excluding hydrogens is 329 g/mol. The molecule has 2 aromatic rings. The molecule has 132 valence electrons. The van der Waals surface area contributed by atoms with Crippen LogP contribution in [0.3, 0.4) is 0 Å². The number of alkyl carbamates (subject to hydrolysis) is 1. The summed E-state index contributed by atoms with van der Waals surface area (Å²) < 4.78 is 18.3. The van der Waals surface area contributed by atoms with Gasteiger partial charge in [-0.25, -0.2) is 9.18 Å². The summed E-state index contributed by atoms with van der Waals surface area (Å²) in [6.07, 6.45) is -3.19. The lowest BCUT2D eigenvalue weighted by Gasteiger charge is -2.19. The van der Waals surface area contributed by atoms with Gasteiger partial charge >= 0.3 is 6.09 Å². The second kappa shape index (κ2) is 8.91. The molecule has 0 aliphatic rings. The van der Waals surface area contributed by atoms with Crippen LogP contribution in [0.1, 0.15) is 27.6 Å². The molecule has 2 aromatic carbocycles. The number of hydrogen-bond acceptors (Lipinski definition) is 5. The maximum Gasteiger partial charge on any atom is 0.407 e. The third-order valence-electron chi connectivity index (χ3n) is 3.45. The molecule has 3 N–H and O–H groups in total. The van der Waals surface area contributed by atoms with E-state index < -0.39 is 24.1 Å². The van der Waals surface area contributed by atoms with Crippen molar-refractivity contribution in [1.29, 1.82) is 0 Å². The second-order valence-electron chi connectivity index (χ2n) is 5.39. The number of halogens is 1. The molecule has 0 aromatic heterocycles. The van der Waals surface area contributed by atoms with Gasteiger partial charge in [0.1, 0.15) is 30.9 Å². The molecule has 7 heteroatoms. The molecule has 0 radical (unpaired) electrons. The fraction of sp³-hybridized carbons (Fsp3) is 0.222. The maximum atomic E-state index is 13.4. The zero-order chi connectivity index (χ0) is 18.2. The number of carbonyl (C=O) groups is 2. The molecule has 2 atom stereocenters. The maximum absolute atomic E-state index is 13.4. The van der Waals surface area contributed by atoms with E-state index in [-0.39, 0.29) is 24.3 Å². The van der Waals surface area contributed by atoms with Crippen LogP contribution in [0.2, 0.25) is 0 Å². The Kier molecular flexibility index (Phi) is 6.62. The van der Waals surface area contributed by atoms with Gasteiger partial charge in [0.2, 0.25) is 0 Å². The number of rotatable bonds is 7. The molecule has 0 aliphatic carbocycles. The van der Waals surface area contributed by atoms with Crippen molar-refractivity contribution in [1.82, 2.24) is 5.32 Å². The van der Waals surface area contributed by atoms with Crippen LogP contribution in [0.5, 0.6) is 0 Å². The number of ether oxygens (including phenoxy) is 1. The third-order valence-corrected chi connectivity index (χ3v) is 3.45. The highest BCUT2D eigenvalue weighted by atomic mass is 19.1. The van der Waals surface area contributed by atoms with E-state index in [2.05, 4.69) is 5.32 Å². The van der Waals surface area contributed by atoms with Crippen LogP contribution in [-0.2, 0) is 11.3 Å². The van der Waals surface area contributed by atoms with Gasteiger partial charge in [-0.15, -0.1) is 0 Å². The first kappa shape index (κ1) is 18.6. The summed E-state index contributed by atoms with van der Waals surface area (Å²) in [5, 5.41) is 22.3. The zero-order valence-electron chi connectivity index (χ0n) is 13.3. The van der Waals surface area contributed by atoms with E-state index in [4.69, 9.17) is 4.74 Å². The van der Waals surface area contributed by atoms with Crippen LogP contribution in [0.4, 0.5) is 9.18 Å². The molecule has 1 amide bonds. The lowest BCUT2D eigenvalue weighted by Crippen LogP contribution is -2.35. The number of hydrogen-bond donors (Lipinski definition) is 3. The van der Waals surface area contributed by atoms with Crippen molar-refractivity contribution in [2.24, 2.45) is 0 Å². The Morgan fingerprint density at radius 3 is 2.60 bits per heavy atom. The number of aldehydes is 1. The molecule has 0 saturated carbocycles. The molecule has 0 heterocycles. The number of amides is 1. The first-order valence-electron chi connectivity index (χ1n) is 7.56. The Morgan fingerprint density at radius 1 is 1.20 bits per heavy atom. The normalized spacial score (nSPS) is 12.9. The van der Waals surface area contributed by atoms with Crippen LogP contribution in [-0.4, -0.2) is 35.2 Å². The van der Waals surface area contributed by atoms with E-state index in [1.165, 1.54) is 6.07 Å². The Balaban J connectivity index is 1.84. The molecule has 2 rings (SSSR count). The Bertz CT molecular complexity index is 723. The van der Waals surface area contributed by atoms with Crippen molar-refractivity contribution in [2.45, 2.75) is 18.8 Å². The van der Waals surface area contributed by atoms with Crippen molar-refractivity contribution < 1.29 is 28.9 Å². The molecule has 25 heavy (non-hydrogen) atoms. The largest absolute Gasteiger partial charge is 0.445 e. The van der Waals surface area contributed by atoms with E-state index in [1.54, 1.807) is 12.1 Å². The Morgan fingerprint density at radius 2 is 1.92 bits per heavy atom. The van der Waals surface area contributed by atoms with Gasteiger partial charge < -0.3 is 20.3 Å². The van der Waals surface area contributed by atoms with Gasteiger partial charge in [0.25, 0.3) is 0 Å². The van der Waals surface area contributed by atoms with Crippen LogP contribution in [0.15, 0.2) is 48.5 Å². The molecule has 0 fully saturated rings. The Labute approximate surface area is 143 Å². The van der Waals surface area contributed by atoms with Crippen molar-refractivity contribution >= 4 is 12.4 Å². The summed E-state index contributed by atoms with van der Waals surface area (Å²) in [7, 11) is 0. The van der Waals surface area contributed by atoms with E-state index in [0.29, 0.717) is 6.29 Å². The number of carbonyl (C=O) groups excluding carboxylic acids is 2. The zero-order valence-corrected chi connectivity index (χ0v) is 13.3. The topological polar surface area (TPSA) is 95.9 Å². The first-order valence-corrected chi connectivity index (χ1v) is 7.56. The highest BCUT2D eigenvalue weighted by Crippen LogP contribution is 2.19. The first-order chi connectivity index (χ1) is 12.0. The average molecular weight is 347 g/mol. The monoisotopic (exact) mass is 347 g/mol. The fourth-order valence-electron chi connectivity index (χ4n) is 2.17. The molecular formula is C18H18FNO5. The number of nitrogens with one attached hydrogen (secondary N) is 1. The minimum atomic E-state index is -1.47. The van der Waals surface area contributed by atoms with Crippen LogP contribution in [0, 0.1) is 5.82 Å². The predicted octanol–water partition coefficient (Wildman–Crippen LogP) is 1.96. The van der Waals surface area contributed by atoms with Gasteiger partial charge in [0.15, 0.2) is 0 Å². The summed E-state index contributed by atoms with van der Waals surface area (Å²) in [5.41, 5.74) is 0.880. The summed E-state index contributed by atoms with van der Waals surface area (Å²) in [6.45, 7) is -0.236. The number of aliphatic hydroxyl groups excluding tert-OH is 2. The van der Waals surface area contributed by atoms with Crippen molar-refractivity contribution in [3.8, 4) is 0 Å². The SMILES string of the molecule is O=Cc1cc(F)cc(C(O)C(O)CNC(=O)OCc2ccccc2)c1. The fourth-order valence-corrected chi connectivity index (χ4v) is 2.17. The van der Waals surface area contributed by atoms with Gasteiger partial charge in [0, 0.05) is 12.1 Å². The standard InChI is InChI=1S/C18H18FNO5/c19-15-7-13(10-21)6-14(8-15)17(23)16(22)9-20-18(24)25-11-12-4-2-1-3-5-12/h1-8,10,16-17,22-23H,9,11H2,(H,20,24). The second-order valence-corrected chi connectivity index (χ2v) is 5.39. The van der Waals surface area contributed by atoms with Gasteiger partial charge in [-0.05, 0) is 29.3 Å². The summed E-state index contributed by atoms with van der Waals surface area (Å²) >= 11 is 0. The van der Waals surface area contributed by atoms with Crippen molar-refractivity contribution in [3.05, 3.63) is 71.0 Å². The van der Waals surface area contributed by atoms with Crippen LogP contribution < -0.4 is 5.32 Å². The minimum absolute atomic E-state index is 0.0362. The van der Waals surface area contributed by atoms with Crippen molar-refractivity contribution in [3.63, 3.8) is 0 Å². The highest BCUT2D eigenvalue weighted by Gasteiger charge is 2.20. The molecule has 2 unspecified atom stereocenters. The van der Waals surface area contributed by atoms with Crippen LogP contribution >= 0.6 is 0 Å². The van der Waals surface area contributed by atoms with Gasteiger partial charge in [-0.1, -0.05) is 30.3 Å². The van der Waals surface area contributed by atoms with Gasteiger partial charge in [0.05, 0.1) is 0 Å². The highest BCUT2D eigenvalue weighted by molar-refractivity contribution is 5.75. The van der Waals surface area contributed by atoms with Crippen molar-refractivity contribution in [2.75, 3.05) is 6.54 Å². The lowest BCUT2D eigenvalue weighted by atomic mass is 10.0. The quantitative estimate of drug-likeness (QED) is 0.666. The molecule has 0 aliphatic heterocycles. The molecule has 0 saturated heterocycles. The smallest absolute Gasteiger partial charge is 0.407 e. The average Bonchev–Trinajstić information content (AvgIpc) is 2.64. The number of benzene rings is 2. The summed E-state index contributed by atoms with van der Waals surface area (Å²) in [6, 6.07) is 12.3. The van der Waals surface area contributed by atoms with E-state index in [9.17, 15) is 24.2 Å². The predicted molar refractivity (Wildman–Crippen MR) is 87.4 cm³/mol. The third kappa shape index (κ3) is 5.66. The summed E-state index contributed by atoms with van der Waals surface area (Å²) in [5.74, 6) is -0.707. The summed E-state index contributed by atoms with van der Waals surface area (Å²) in [4.78, 5) is 22.3. The molecule has 0 bridgehead atoms. The van der Waals surface area contributed by atoms with Gasteiger partial charge in [-0.2, -0.15) is 0 Å². The van der Waals surface area contributed by atoms with E-state index in [1.807, 2.05) is 18.2 Å². The van der Waals surface area contributed by atoms with Gasteiger partial charge in [-0.3, -0.25) is 4.79 Å². The van der Waals surface area contributed by atoms with E-state index >= 15 is 0 Å².